The monoisotopic (exact) mass is 389 g/mol. The third-order valence-electron chi connectivity index (χ3n) is 6.00. The van der Waals surface area contributed by atoms with Crippen molar-refractivity contribution in [3.8, 4) is 6.19 Å². The highest BCUT2D eigenvalue weighted by atomic mass is 32.1. The number of carbonyl (C=O) groups is 1. The van der Waals surface area contributed by atoms with Gasteiger partial charge in [-0.15, -0.1) is 11.3 Å². The van der Waals surface area contributed by atoms with Crippen molar-refractivity contribution in [1.29, 1.82) is 5.26 Å². The van der Waals surface area contributed by atoms with Crippen LogP contribution in [0.3, 0.4) is 0 Å². The molecule has 3 fully saturated rings. The van der Waals surface area contributed by atoms with Gasteiger partial charge in [-0.1, -0.05) is 19.3 Å². The van der Waals surface area contributed by atoms with Crippen molar-refractivity contribution in [2.75, 3.05) is 44.7 Å². The second-order valence-electron chi connectivity index (χ2n) is 7.66. The van der Waals surface area contributed by atoms with Gasteiger partial charge in [0, 0.05) is 38.2 Å². The fourth-order valence-corrected chi connectivity index (χ4v) is 5.78. The van der Waals surface area contributed by atoms with Crippen LogP contribution in [0.1, 0.15) is 48.6 Å². The summed E-state index contributed by atoms with van der Waals surface area (Å²) < 4.78 is 5.39. The third kappa shape index (κ3) is 3.68. The Morgan fingerprint density at radius 2 is 2.00 bits per heavy atom. The number of rotatable bonds is 4. The van der Waals surface area contributed by atoms with Crippen LogP contribution in [0.4, 0.5) is 5.13 Å². The molecule has 2 saturated heterocycles. The molecule has 1 atom stereocenters. The Bertz CT molecular complexity index is 724. The number of nitrogens with zero attached hydrogens (tertiary/aromatic N) is 5. The molecule has 1 aromatic heterocycles. The lowest BCUT2D eigenvalue weighted by Gasteiger charge is -2.44. The van der Waals surface area contributed by atoms with E-state index in [1.165, 1.54) is 37.0 Å². The third-order valence-corrected chi connectivity index (χ3v) is 7.28. The van der Waals surface area contributed by atoms with E-state index in [4.69, 9.17) is 9.72 Å². The molecule has 1 amide bonds. The van der Waals surface area contributed by atoms with Gasteiger partial charge in [0.15, 0.2) is 11.3 Å². The lowest BCUT2D eigenvalue weighted by Crippen LogP contribution is -2.64. The highest BCUT2D eigenvalue weighted by Gasteiger charge is 2.40. The van der Waals surface area contributed by atoms with Gasteiger partial charge in [-0.3, -0.25) is 14.6 Å². The largest absolute Gasteiger partial charge is 0.378 e. The predicted molar refractivity (Wildman–Crippen MR) is 104 cm³/mol. The molecule has 1 saturated carbocycles. The van der Waals surface area contributed by atoms with Gasteiger partial charge in [0.05, 0.1) is 18.8 Å². The quantitative estimate of drug-likeness (QED) is 0.735. The molecule has 1 aliphatic carbocycles. The van der Waals surface area contributed by atoms with E-state index in [-0.39, 0.29) is 11.9 Å². The maximum absolute atomic E-state index is 13.2. The minimum absolute atomic E-state index is 0.0779. The number of piperazine rings is 2. The fraction of sp³-hybridized carbons (Fsp3) is 0.737. The summed E-state index contributed by atoms with van der Waals surface area (Å²) in [5, 5.41) is 10.0. The van der Waals surface area contributed by atoms with E-state index >= 15 is 0 Å². The SMILES string of the molecule is COCc1nc(N2CCN3CCN(C#N)CC3C2=O)sc1C1CCCCC1. The van der Waals surface area contributed by atoms with Gasteiger partial charge < -0.3 is 9.64 Å². The van der Waals surface area contributed by atoms with Gasteiger partial charge in [-0.2, -0.15) is 5.26 Å². The van der Waals surface area contributed by atoms with Crippen LogP contribution in [-0.4, -0.2) is 66.6 Å². The number of hydrogen-bond donors (Lipinski definition) is 0. The highest BCUT2D eigenvalue weighted by Crippen LogP contribution is 2.40. The van der Waals surface area contributed by atoms with Crippen molar-refractivity contribution in [3.63, 3.8) is 0 Å². The first-order chi connectivity index (χ1) is 13.2. The van der Waals surface area contributed by atoms with E-state index in [2.05, 4.69) is 11.1 Å². The molecule has 3 aliphatic rings. The minimum Gasteiger partial charge on any atom is -0.378 e. The molecule has 1 aromatic rings. The average molecular weight is 390 g/mol. The number of anilines is 1. The molecule has 27 heavy (non-hydrogen) atoms. The van der Waals surface area contributed by atoms with Gasteiger partial charge in [0.25, 0.3) is 0 Å². The second kappa shape index (κ2) is 8.13. The number of amides is 1. The standard InChI is InChI=1S/C19H27N5O2S/c1-26-12-15-17(14-5-3-2-4-6-14)27-19(21-15)24-10-9-23-8-7-22(13-20)11-16(23)18(24)25/h14,16H,2-12H2,1H3. The Kier molecular flexibility index (Phi) is 5.62. The summed E-state index contributed by atoms with van der Waals surface area (Å²) in [6.45, 7) is 3.98. The molecule has 146 valence electrons. The zero-order valence-corrected chi connectivity index (χ0v) is 16.7. The van der Waals surface area contributed by atoms with Gasteiger partial charge in [0.1, 0.15) is 6.04 Å². The smallest absolute Gasteiger partial charge is 0.248 e. The molecule has 0 radical (unpaired) electrons. The van der Waals surface area contributed by atoms with Crippen LogP contribution in [0.5, 0.6) is 0 Å². The van der Waals surface area contributed by atoms with Gasteiger partial charge in [-0.05, 0) is 18.8 Å². The molecule has 0 N–H and O–H groups in total. The predicted octanol–water partition coefficient (Wildman–Crippen LogP) is 2.15. The van der Waals surface area contributed by atoms with Gasteiger partial charge >= 0.3 is 0 Å². The Hall–Kier alpha value is -1.69. The molecule has 2 aliphatic heterocycles. The summed E-state index contributed by atoms with van der Waals surface area (Å²) >= 11 is 1.68. The fourth-order valence-electron chi connectivity index (χ4n) is 4.51. The van der Waals surface area contributed by atoms with Crippen molar-refractivity contribution in [1.82, 2.24) is 14.8 Å². The maximum Gasteiger partial charge on any atom is 0.248 e. The first-order valence-electron chi connectivity index (χ1n) is 9.90. The average Bonchev–Trinajstić information content (AvgIpc) is 3.13. The number of aromatic nitrogens is 1. The molecule has 7 nitrogen and oxygen atoms in total. The highest BCUT2D eigenvalue weighted by molar-refractivity contribution is 7.16. The molecule has 0 bridgehead atoms. The van der Waals surface area contributed by atoms with Crippen LogP contribution >= 0.6 is 11.3 Å². The van der Waals surface area contributed by atoms with E-state index in [1.807, 2.05) is 4.90 Å². The summed E-state index contributed by atoms with van der Waals surface area (Å²) in [4.78, 5) is 25.0. The van der Waals surface area contributed by atoms with Crippen molar-refractivity contribution >= 4 is 22.4 Å². The lowest BCUT2D eigenvalue weighted by atomic mass is 9.87. The summed E-state index contributed by atoms with van der Waals surface area (Å²) in [5.74, 6) is 0.629. The topological polar surface area (TPSA) is 72.7 Å². The van der Waals surface area contributed by atoms with Crippen LogP contribution in [0.15, 0.2) is 0 Å². The molecular weight excluding hydrogens is 362 g/mol. The summed E-state index contributed by atoms with van der Waals surface area (Å²) in [6, 6.07) is -0.236. The normalized spacial score (nSPS) is 24.7. The van der Waals surface area contributed by atoms with Crippen LogP contribution in [0.2, 0.25) is 0 Å². The van der Waals surface area contributed by atoms with E-state index in [1.54, 1.807) is 23.3 Å². The lowest BCUT2D eigenvalue weighted by molar-refractivity contribution is -0.127. The number of thiazole rings is 1. The molecule has 0 spiro atoms. The number of fused-ring (bicyclic) bond motifs is 1. The van der Waals surface area contributed by atoms with E-state index < -0.39 is 0 Å². The van der Waals surface area contributed by atoms with E-state index in [9.17, 15) is 10.1 Å². The van der Waals surface area contributed by atoms with Crippen LogP contribution in [0, 0.1) is 11.5 Å². The van der Waals surface area contributed by atoms with Crippen molar-refractivity contribution in [3.05, 3.63) is 10.6 Å². The van der Waals surface area contributed by atoms with Gasteiger partial charge in [-0.25, -0.2) is 4.98 Å². The zero-order valence-electron chi connectivity index (χ0n) is 15.9. The zero-order chi connectivity index (χ0) is 18.8. The Labute approximate surface area is 164 Å². The molecule has 3 heterocycles. The molecule has 8 heteroatoms. The molecule has 1 unspecified atom stereocenters. The van der Waals surface area contributed by atoms with E-state index in [0.29, 0.717) is 32.2 Å². The summed E-state index contributed by atoms with van der Waals surface area (Å²) in [7, 11) is 1.70. The van der Waals surface area contributed by atoms with Crippen molar-refractivity contribution in [2.45, 2.75) is 50.7 Å². The molecule has 4 rings (SSSR count). The number of methoxy groups -OCH3 is 1. The summed E-state index contributed by atoms with van der Waals surface area (Å²) in [6.07, 6.45) is 8.47. The molecular formula is C19H27N5O2S. The number of nitriles is 1. The first kappa shape index (κ1) is 18.7. The molecule has 0 aromatic carbocycles. The van der Waals surface area contributed by atoms with Crippen LogP contribution in [-0.2, 0) is 16.1 Å². The maximum atomic E-state index is 13.2. The number of ether oxygens (including phenoxy) is 1. The second-order valence-corrected chi connectivity index (χ2v) is 8.67. The van der Waals surface area contributed by atoms with Crippen molar-refractivity contribution in [2.24, 2.45) is 0 Å². The van der Waals surface area contributed by atoms with Crippen LogP contribution in [0.25, 0.3) is 0 Å². The Balaban J connectivity index is 1.57. The Morgan fingerprint density at radius 1 is 1.22 bits per heavy atom. The van der Waals surface area contributed by atoms with Crippen molar-refractivity contribution < 1.29 is 9.53 Å². The minimum atomic E-state index is -0.236. The first-order valence-corrected chi connectivity index (χ1v) is 10.7. The summed E-state index contributed by atoms with van der Waals surface area (Å²) in [5.41, 5.74) is 1.00. The van der Waals surface area contributed by atoms with E-state index in [0.717, 1.165) is 23.9 Å². The van der Waals surface area contributed by atoms with Gasteiger partial charge in [0.2, 0.25) is 5.91 Å². The number of hydrogen-bond acceptors (Lipinski definition) is 7. The number of carbonyl (C=O) groups excluding carboxylic acids is 1. The van der Waals surface area contributed by atoms with Crippen LogP contribution < -0.4 is 4.90 Å². The Morgan fingerprint density at radius 3 is 2.74 bits per heavy atom.